The number of nitrogens with zero attached hydrogens (tertiary/aromatic N) is 2. The minimum absolute atomic E-state index is 0.0106. The van der Waals surface area contributed by atoms with Crippen LogP contribution in [-0.4, -0.2) is 30.3 Å². The first-order valence-corrected chi connectivity index (χ1v) is 8.65. The van der Waals surface area contributed by atoms with E-state index in [1.165, 1.54) is 0 Å². The normalized spacial score (nSPS) is 11.1. The molecule has 0 aliphatic heterocycles. The summed E-state index contributed by atoms with van der Waals surface area (Å²) in [4.78, 5) is 11.8. The average molecular weight is 347 g/mol. The summed E-state index contributed by atoms with van der Waals surface area (Å²) in [6.07, 6.45) is 0. The van der Waals surface area contributed by atoms with Crippen LogP contribution in [0.4, 0.5) is 11.4 Å². The first-order chi connectivity index (χ1) is 9.89. The maximum absolute atomic E-state index is 11.8. The van der Waals surface area contributed by atoms with Crippen molar-refractivity contribution < 1.29 is 13.2 Å². The Kier molecular flexibility index (Phi) is 4.76. The first-order valence-electron chi connectivity index (χ1n) is 5.80. The Morgan fingerprint density at radius 2 is 1.86 bits per heavy atom. The van der Waals surface area contributed by atoms with Crippen molar-refractivity contribution in [3.05, 3.63) is 33.7 Å². The third-order valence-electron chi connectivity index (χ3n) is 2.39. The number of sulfonamides is 1. The smallest absolute Gasteiger partial charge is 0.286 e. The lowest BCUT2D eigenvalue weighted by Crippen LogP contribution is -2.15. The van der Waals surface area contributed by atoms with Crippen molar-refractivity contribution in [2.24, 2.45) is 0 Å². The lowest BCUT2D eigenvalue weighted by molar-refractivity contribution is 0.102. The van der Waals surface area contributed by atoms with E-state index in [0.717, 1.165) is 11.3 Å². The second kappa shape index (κ2) is 6.37. The number of halogens is 1. The Morgan fingerprint density at radius 1 is 1.24 bits per heavy atom. The Labute approximate surface area is 130 Å². The molecule has 0 saturated carbocycles. The van der Waals surface area contributed by atoms with Crippen molar-refractivity contribution in [1.29, 1.82) is 0 Å². The standard InChI is InChI=1S/C11H11ClN4O3S2/c1-2-21(18,19)16-8-5-3-7(4-6-8)13-9(17)10-14-15-11(12)20-10/h3-6,16H,2H2,1H3,(H,13,17). The van der Waals surface area contributed by atoms with Gasteiger partial charge in [-0.1, -0.05) is 11.3 Å². The Bertz CT molecular complexity index is 743. The number of carbonyl (C=O) groups is 1. The minimum atomic E-state index is -3.32. The predicted molar refractivity (Wildman–Crippen MR) is 82.4 cm³/mol. The molecule has 0 unspecified atom stereocenters. The molecule has 0 aliphatic rings. The number of aromatic nitrogens is 2. The Balaban J connectivity index is 2.04. The van der Waals surface area contributed by atoms with Gasteiger partial charge < -0.3 is 5.32 Å². The Hall–Kier alpha value is -1.71. The molecular weight excluding hydrogens is 336 g/mol. The molecule has 0 spiro atoms. The van der Waals surface area contributed by atoms with Crippen LogP contribution in [0.3, 0.4) is 0 Å². The molecule has 0 bridgehead atoms. The van der Waals surface area contributed by atoms with E-state index in [1.807, 2.05) is 0 Å². The van der Waals surface area contributed by atoms with Gasteiger partial charge in [0.05, 0.1) is 5.75 Å². The molecule has 10 heteroatoms. The van der Waals surface area contributed by atoms with Gasteiger partial charge in [-0.3, -0.25) is 9.52 Å². The van der Waals surface area contributed by atoms with E-state index in [1.54, 1.807) is 31.2 Å². The average Bonchev–Trinajstić information content (AvgIpc) is 2.87. The highest BCUT2D eigenvalue weighted by molar-refractivity contribution is 7.92. The molecule has 7 nitrogen and oxygen atoms in total. The van der Waals surface area contributed by atoms with Gasteiger partial charge in [-0.05, 0) is 42.8 Å². The summed E-state index contributed by atoms with van der Waals surface area (Å²) < 4.78 is 25.4. The summed E-state index contributed by atoms with van der Waals surface area (Å²) in [7, 11) is -3.32. The Morgan fingerprint density at radius 3 is 2.38 bits per heavy atom. The summed E-state index contributed by atoms with van der Waals surface area (Å²) >= 11 is 6.57. The molecule has 0 radical (unpaired) electrons. The van der Waals surface area contributed by atoms with Crippen LogP contribution >= 0.6 is 22.9 Å². The summed E-state index contributed by atoms with van der Waals surface area (Å²) in [6.45, 7) is 1.55. The minimum Gasteiger partial charge on any atom is -0.320 e. The molecular formula is C11H11ClN4O3S2. The fourth-order valence-electron chi connectivity index (χ4n) is 1.35. The van der Waals surface area contributed by atoms with Crippen LogP contribution in [-0.2, 0) is 10.0 Å². The second-order valence-electron chi connectivity index (χ2n) is 3.90. The van der Waals surface area contributed by atoms with Crippen molar-refractivity contribution in [2.45, 2.75) is 6.92 Å². The first kappa shape index (κ1) is 15.7. The van der Waals surface area contributed by atoms with Gasteiger partial charge in [-0.25, -0.2) is 8.42 Å². The molecule has 2 aromatic rings. The molecule has 1 amide bonds. The third-order valence-corrected chi connectivity index (χ3v) is 4.72. The van der Waals surface area contributed by atoms with Gasteiger partial charge in [0.2, 0.25) is 19.5 Å². The second-order valence-corrected chi connectivity index (χ2v) is 7.47. The molecule has 1 aromatic heterocycles. The van der Waals surface area contributed by atoms with Gasteiger partial charge in [-0.15, -0.1) is 10.2 Å². The molecule has 0 saturated heterocycles. The number of hydrogen-bond donors (Lipinski definition) is 2. The molecule has 0 aliphatic carbocycles. The van der Waals surface area contributed by atoms with Crippen LogP contribution in [0.5, 0.6) is 0 Å². The van der Waals surface area contributed by atoms with E-state index in [9.17, 15) is 13.2 Å². The lowest BCUT2D eigenvalue weighted by Gasteiger charge is -2.07. The number of amides is 1. The van der Waals surface area contributed by atoms with Gasteiger partial charge in [0.15, 0.2) is 0 Å². The van der Waals surface area contributed by atoms with Gasteiger partial charge in [0.1, 0.15) is 0 Å². The molecule has 0 fully saturated rings. The van der Waals surface area contributed by atoms with Gasteiger partial charge in [0.25, 0.3) is 5.91 Å². The van der Waals surface area contributed by atoms with E-state index in [2.05, 4.69) is 20.2 Å². The molecule has 1 aromatic carbocycles. The van der Waals surface area contributed by atoms with Gasteiger partial charge in [-0.2, -0.15) is 0 Å². The van der Waals surface area contributed by atoms with Crippen LogP contribution in [0, 0.1) is 0 Å². The number of rotatable bonds is 5. The number of carbonyl (C=O) groups excluding carboxylic acids is 1. The van der Waals surface area contributed by atoms with Crippen molar-refractivity contribution in [1.82, 2.24) is 10.2 Å². The fourth-order valence-corrected chi connectivity index (χ4v) is 2.72. The quantitative estimate of drug-likeness (QED) is 0.864. The number of benzene rings is 1. The zero-order chi connectivity index (χ0) is 15.5. The van der Waals surface area contributed by atoms with Crippen LogP contribution in [0.15, 0.2) is 24.3 Å². The molecule has 2 N–H and O–H groups in total. The number of hydrogen-bond acceptors (Lipinski definition) is 6. The fraction of sp³-hybridized carbons (Fsp3) is 0.182. The SMILES string of the molecule is CCS(=O)(=O)Nc1ccc(NC(=O)c2nnc(Cl)s2)cc1. The van der Waals surface area contributed by atoms with Crippen molar-refractivity contribution in [3.8, 4) is 0 Å². The van der Waals surface area contributed by atoms with E-state index in [0.29, 0.717) is 11.4 Å². The van der Waals surface area contributed by atoms with Crippen molar-refractivity contribution in [3.63, 3.8) is 0 Å². The number of anilines is 2. The van der Waals surface area contributed by atoms with Crippen LogP contribution in [0.2, 0.25) is 4.47 Å². The van der Waals surface area contributed by atoms with Gasteiger partial charge >= 0.3 is 0 Å². The molecule has 1 heterocycles. The molecule has 21 heavy (non-hydrogen) atoms. The largest absolute Gasteiger partial charge is 0.320 e. The zero-order valence-electron chi connectivity index (χ0n) is 10.8. The van der Waals surface area contributed by atoms with Crippen LogP contribution in [0.1, 0.15) is 16.7 Å². The lowest BCUT2D eigenvalue weighted by atomic mass is 10.3. The van der Waals surface area contributed by atoms with Crippen LogP contribution in [0.25, 0.3) is 0 Å². The zero-order valence-corrected chi connectivity index (χ0v) is 13.2. The molecule has 0 atom stereocenters. The summed E-state index contributed by atoms with van der Waals surface area (Å²) in [5.74, 6) is -0.440. The van der Waals surface area contributed by atoms with E-state index < -0.39 is 15.9 Å². The highest BCUT2D eigenvalue weighted by atomic mass is 35.5. The maximum atomic E-state index is 11.8. The topological polar surface area (TPSA) is 101 Å². The number of nitrogens with one attached hydrogen (secondary N) is 2. The molecule has 2 rings (SSSR count). The summed E-state index contributed by atoms with van der Waals surface area (Å²) in [6, 6.07) is 6.26. The summed E-state index contributed by atoms with van der Waals surface area (Å²) in [5.41, 5.74) is 0.930. The van der Waals surface area contributed by atoms with E-state index >= 15 is 0 Å². The maximum Gasteiger partial charge on any atom is 0.286 e. The van der Waals surface area contributed by atoms with Crippen LogP contribution < -0.4 is 10.0 Å². The predicted octanol–water partition coefficient (Wildman–Crippen LogP) is 2.21. The van der Waals surface area contributed by atoms with Gasteiger partial charge in [0, 0.05) is 11.4 Å². The van der Waals surface area contributed by atoms with Crippen molar-refractivity contribution >= 4 is 50.2 Å². The third kappa shape index (κ3) is 4.38. The summed E-state index contributed by atoms with van der Waals surface area (Å²) in [5, 5.41) is 9.92. The monoisotopic (exact) mass is 346 g/mol. The van der Waals surface area contributed by atoms with Crippen molar-refractivity contribution in [2.75, 3.05) is 15.8 Å². The molecule has 112 valence electrons. The highest BCUT2D eigenvalue weighted by Gasteiger charge is 2.12. The van der Waals surface area contributed by atoms with E-state index in [4.69, 9.17) is 11.6 Å². The highest BCUT2D eigenvalue weighted by Crippen LogP contribution is 2.18. The van der Waals surface area contributed by atoms with E-state index in [-0.39, 0.29) is 15.2 Å².